The highest BCUT2D eigenvalue weighted by molar-refractivity contribution is 7.99. The normalized spacial score (nSPS) is 23.5. The van der Waals surface area contributed by atoms with Crippen LogP contribution in [0.25, 0.3) is 0 Å². The van der Waals surface area contributed by atoms with Gasteiger partial charge in [-0.15, -0.1) is 0 Å². The predicted octanol–water partition coefficient (Wildman–Crippen LogP) is 3.01. The Morgan fingerprint density at radius 1 is 1.16 bits per heavy atom. The second kappa shape index (κ2) is 10.8. The number of rotatable bonds is 9. The summed E-state index contributed by atoms with van der Waals surface area (Å²) >= 11 is 2.05. The fourth-order valence-electron chi connectivity index (χ4n) is 3.71. The first-order valence-corrected chi connectivity index (χ1v) is 12.6. The van der Waals surface area contributed by atoms with E-state index in [1.807, 2.05) is 6.92 Å². The van der Waals surface area contributed by atoms with E-state index < -0.39 is 10.0 Å². The summed E-state index contributed by atoms with van der Waals surface area (Å²) < 4.78 is 25.9. The second-order valence-electron chi connectivity index (χ2n) is 7.29. The van der Waals surface area contributed by atoms with E-state index in [-0.39, 0.29) is 17.6 Å². The summed E-state index contributed by atoms with van der Waals surface area (Å²) in [6, 6.07) is 0. The summed E-state index contributed by atoms with van der Waals surface area (Å²) in [6.45, 7) is 3.49. The van der Waals surface area contributed by atoms with E-state index >= 15 is 0 Å². The SMILES string of the molecule is CCCS(=O)(=O)N1CCC[C@H](C(=O)NCCCSC2CCCCC2)C1. The molecule has 2 fully saturated rings. The zero-order chi connectivity index (χ0) is 18.1. The first kappa shape index (κ1) is 21.0. The van der Waals surface area contributed by atoms with Crippen molar-refractivity contribution in [2.24, 2.45) is 5.92 Å². The minimum atomic E-state index is -3.19. The summed E-state index contributed by atoms with van der Waals surface area (Å²) in [7, 11) is -3.19. The molecular weight excluding hydrogens is 356 g/mol. The van der Waals surface area contributed by atoms with E-state index in [0.29, 0.717) is 26.1 Å². The Kier molecular flexibility index (Phi) is 9.07. The van der Waals surface area contributed by atoms with Gasteiger partial charge in [0.25, 0.3) is 0 Å². The third kappa shape index (κ3) is 7.10. The molecule has 0 bridgehead atoms. The van der Waals surface area contributed by atoms with Crippen molar-refractivity contribution in [2.75, 3.05) is 31.1 Å². The lowest BCUT2D eigenvalue weighted by molar-refractivity contribution is -0.126. The Hall–Kier alpha value is -0.270. The van der Waals surface area contributed by atoms with Gasteiger partial charge in [-0.3, -0.25) is 4.79 Å². The Morgan fingerprint density at radius 3 is 2.64 bits per heavy atom. The minimum Gasteiger partial charge on any atom is -0.356 e. The summed E-state index contributed by atoms with van der Waals surface area (Å²) in [5.74, 6) is 1.12. The molecule has 1 heterocycles. The molecule has 1 amide bonds. The number of sulfonamides is 1. The number of piperidine rings is 1. The standard InChI is InChI=1S/C18H34N2O3S2/c1-2-14-25(22,23)20-12-6-8-16(15-20)18(21)19-11-7-13-24-17-9-4-3-5-10-17/h16-17H,2-15H2,1H3,(H,19,21)/t16-/m0/s1. The number of carbonyl (C=O) groups excluding carboxylic acids is 1. The van der Waals surface area contributed by atoms with Crippen LogP contribution in [0.3, 0.4) is 0 Å². The highest BCUT2D eigenvalue weighted by Crippen LogP contribution is 2.28. The molecule has 5 nitrogen and oxygen atoms in total. The molecule has 0 radical (unpaired) electrons. The van der Waals surface area contributed by atoms with E-state index in [0.717, 1.165) is 30.3 Å². The van der Waals surface area contributed by atoms with Crippen molar-refractivity contribution >= 4 is 27.7 Å². The largest absolute Gasteiger partial charge is 0.356 e. The summed E-state index contributed by atoms with van der Waals surface area (Å²) in [5, 5.41) is 3.84. The van der Waals surface area contributed by atoms with Crippen LogP contribution in [0, 0.1) is 5.92 Å². The molecule has 146 valence electrons. The molecule has 0 spiro atoms. The van der Waals surface area contributed by atoms with E-state index in [1.165, 1.54) is 36.4 Å². The van der Waals surface area contributed by atoms with Gasteiger partial charge in [0, 0.05) is 24.9 Å². The zero-order valence-corrected chi connectivity index (χ0v) is 17.2. The maximum atomic E-state index is 12.4. The molecule has 1 atom stereocenters. The van der Waals surface area contributed by atoms with E-state index in [1.54, 1.807) is 0 Å². The Morgan fingerprint density at radius 2 is 1.92 bits per heavy atom. The van der Waals surface area contributed by atoms with Crippen LogP contribution < -0.4 is 5.32 Å². The van der Waals surface area contributed by atoms with Crippen molar-refractivity contribution in [1.82, 2.24) is 9.62 Å². The van der Waals surface area contributed by atoms with Gasteiger partial charge >= 0.3 is 0 Å². The van der Waals surface area contributed by atoms with Crippen molar-refractivity contribution in [1.29, 1.82) is 0 Å². The lowest BCUT2D eigenvalue weighted by Crippen LogP contribution is -2.46. The van der Waals surface area contributed by atoms with Gasteiger partial charge in [0.2, 0.25) is 15.9 Å². The number of thioether (sulfide) groups is 1. The van der Waals surface area contributed by atoms with Crippen LogP contribution >= 0.6 is 11.8 Å². The molecule has 2 rings (SSSR count). The van der Waals surface area contributed by atoms with E-state index in [9.17, 15) is 13.2 Å². The molecule has 25 heavy (non-hydrogen) atoms. The molecule has 7 heteroatoms. The van der Waals surface area contributed by atoms with Gasteiger partial charge in [-0.25, -0.2) is 12.7 Å². The number of hydrogen-bond donors (Lipinski definition) is 1. The lowest BCUT2D eigenvalue weighted by Gasteiger charge is -2.31. The number of carbonyl (C=O) groups is 1. The number of amides is 1. The molecule has 1 saturated heterocycles. The fraction of sp³-hybridized carbons (Fsp3) is 0.944. The van der Waals surface area contributed by atoms with Crippen molar-refractivity contribution < 1.29 is 13.2 Å². The second-order valence-corrected chi connectivity index (χ2v) is 10.8. The number of nitrogens with zero attached hydrogens (tertiary/aromatic N) is 1. The zero-order valence-electron chi connectivity index (χ0n) is 15.5. The van der Waals surface area contributed by atoms with Crippen LogP contribution in [0.4, 0.5) is 0 Å². The monoisotopic (exact) mass is 390 g/mol. The molecule has 0 unspecified atom stereocenters. The van der Waals surface area contributed by atoms with Crippen LogP contribution in [0.5, 0.6) is 0 Å². The van der Waals surface area contributed by atoms with Gasteiger partial charge in [0.1, 0.15) is 0 Å². The van der Waals surface area contributed by atoms with Gasteiger partial charge in [0.15, 0.2) is 0 Å². The van der Waals surface area contributed by atoms with Crippen molar-refractivity contribution in [3.05, 3.63) is 0 Å². The van der Waals surface area contributed by atoms with Crippen LogP contribution in [-0.2, 0) is 14.8 Å². The molecule has 0 aromatic heterocycles. The summed E-state index contributed by atoms with van der Waals surface area (Å²) in [5.41, 5.74) is 0. The van der Waals surface area contributed by atoms with Crippen LogP contribution in [0.2, 0.25) is 0 Å². The maximum absolute atomic E-state index is 12.4. The number of hydrogen-bond acceptors (Lipinski definition) is 4. The van der Waals surface area contributed by atoms with E-state index in [4.69, 9.17) is 0 Å². The Labute approximate surface area is 157 Å². The number of nitrogens with one attached hydrogen (secondary N) is 1. The molecule has 1 N–H and O–H groups in total. The Balaban J connectivity index is 1.64. The van der Waals surface area contributed by atoms with Crippen molar-refractivity contribution in [3.63, 3.8) is 0 Å². The molecule has 0 aromatic rings. The molecule has 0 aromatic carbocycles. The van der Waals surface area contributed by atoms with Crippen molar-refractivity contribution in [2.45, 2.75) is 70.0 Å². The maximum Gasteiger partial charge on any atom is 0.224 e. The highest BCUT2D eigenvalue weighted by Gasteiger charge is 2.31. The minimum absolute atomic E-state index is 0.0269. The first-order valence-electron chi connectivity index (χ1n) is 9.90. The third-order valence-corrected chi connectivity index (χ3v) is 8.65. The Bertz CT molecular complexity index is 504. The first-order chi connectivity index (χ1) is 12.0. The molecular formula is C18H34N2O3S2. The predicted molar refractivity (Wildman–Crippen MR) is 105 cm³/mol. The molecule has 1 saturated carbocycles. The smallest absolute Gasteiger partial charge is 0.224 e. The van der Waals surface area contributed by atoms with Gasteiger partial charge in [-0.1, -0.05) is 26.2 Å². The lowest BCUT2D eigenvalue weighted by atomic mass is 9.99. The average molecular weight is 391 g/mol. The third-order valence-electron chi connectivity index (χ3n) is 5.14. The highest BCUT2D eigenvalue weighted by atomic mass is 32.2. The van der Waals surface area contributed by atoms with Crippen molar-refractivity contribution in [3.8, 4) is 0 Å². The van der Waals surface area contributed by atoms with Gasteiger partial charge in [0.05, 0.1) is 11.7 Å². The molecule has 2 aliphatic rings. The van der Waals surface area contributed by atoms with Gasteiger partial charge in [-0.2, -0.15) is 11.8 Å². The topological polar surface area (TPSA) is 66.5 Å². The van der Waals surface area contributed by atoms with Gasteiger partial charge < -0.3 is 5.32 Å². The van der Waals surface area contributed by atoms with E-state index in [2.05, 4.69) is 17.1 Å². The van der Waals surface area contributed by atoms with Crippen LogP contribution in [0.1, 0.15) is 64.7 Å². The quantitative estimate of drug-likeness (QED) is 0.615. The molecule has 1 aliphatic carbocycles. The summed E-state index contributed by atoms with van der Waals surface area (Å²) in [4.78, 5) is 12.4. The average Bonchev–Trinajstić information content (AvgIpc) is 2.62. The van der Waals surface area contributed by atoms with Crippen LogP contribution in [-0.4, -0.2) is 55.0 Å². The molecule has 1 aliphatic heterocycles. The van der Waals surface area contributed by atoms with Gasteiger partial charge in [-0.05, 0) is 44.3 Å². The fourth-order valence-corrected chi connectivity index (χ4v) is 6.61. The summed E-state index contributed by atoms with van der Waals surface area (Å²) in [6.07, 6.45) is 10.0. The van der Waals surface area contributed by atoms with Crippen LogP contribution in [0.15, 0.2) is 0 Å².